The van der Waals surface area contributed by atoms with Gasteiger partial charge in [0.25, 0.3) is 0 Å². The van der Waals surface area contributed by atoms with Crippen LogP contribution in [0.3, 0.4) is 0 Å². The van der Waals surface area contributed by atoms with Gasteiger partial charge >= 0.3 is 0 Å². The Bertz CT molecular complexity index is 459. The van der Waals surface area contributed by atoms with Crippen LogP contribution in [0.15, 0.2) is 40.4 Å². The van der Waals surface area contributed by atoms with E-state index in [1.165, 1.54) is 12.4 Å². The van der Waals surface area contributed by atoms with Gasteiger partial charge < -0.3 is 10.6 Å². The molecule has 0 spiro atoms. The van der Waals surface area contributed by atoms with Crippen molar-refractivity contribution in [2.45, 2.75) is 4.90 Å². The fourth-order valence-corrected chi connectivity index (χ4v) is 2.81. The number of hydrogen-bond donors (Lipinski definition) is 1. The zero-order valence-corrected chi connectivity index (χ0v) is 10.2. The van der Waals surface area contributed by atoms with Gasteiger partial charge in [0, 0.05) is 17.2 Å². The lowest BCUT2D eigenvalue weighted by atomic mass is 10.2. The summed E-state index contributed by atoms with van der Waals surface area (Å²) in [7, 11) is 0. The second-order valence-corrected chi connectivity index (χ2v) is 4.86. The minimum atomic E-state index is -0.218. The van der Waals surface area contributed by atoms with Crippen LogP contribution in [0.4, 0.5) is 10.1 Å². The normalized spacial score (nSPS) is 15.0. The zero-order chi connectivity index (χ0) is 12.3. The van der Waals surface area contributed by atoms with E-state index in [9.17, 15) is 4.39 Å². The van der Waals surface area contributed by atoms with Gasteiger partial charge in [-0.05, 0) is 18.2 Å². The van der Waals surface area contributed by atoms with Crippen molar-refractivity contribution in [3.8, 4) is 0 Å². The summed E-state index contributed by atoms with van der Waals surface area (Å²) in [5.74, 6) is 0.766. The Morgan fingerprint density at radius 3 is 3.24 bits per heavy atom. The average molecular weight is 251 g/mol. The Kier molecular flexibility index (Phi) is 3.68. The summed E-state index contributed by atoms with van der Waals surface area (Å²) in [5.41, 5.74) is 6.81. The third-order valence-electron chi connectivity index (χ3n) is 2.51. The number of thioether (sulfide) groups is 1. The molecular weight excluding hydrogens is 237 g/mol. The highest BCUT2D eigenvalue weighted by Crippen LogP contribution is 2.35. The van der Waals surface area contributed by atoms with E-state index in [0.717, 1.165) is 22.9 Å². The fourth-order valence-electron chi connectivity index (χ4n) is 1.78. The van der Waals surface area contributed by atoms with Crippen molar-refractivity contribution in [3.63, 3.8) is 0 Å². The molecule has 3 nitrogen and oxygen atoms in total. The minimum Gasteiger partial charge on any atom is -0.390 e. The van der Waals surface area contributed by atoms with Gasteiger partial charge in [0.1, 0.15) is 5.82 Å². The quantitative estimate of drug-likeness (QED) is 0.661. The van der Waals surface area contributed by atoms with E-state index < -0.39 is 0 Å². The third-order valence-corrected chi connectivity index (χ3v) is 3.55. The van der Waals surface area contributed by atoms with Crippen LogP contribution >= 0.6 is 11.8 Å². The van der Waals surface area contributed by atoms with Crippen LogP contribution in [0.2, 0.25) is 0 Å². The van der Waals surface area contributed by atoms with E-state index in [1.807, 2.05) is 6.07 Å². The molecule has 0 saturated carbocycles. The maximum Gasteiger partial charge on any atom is 0.125 e. The summed E-state index contributed by atoms with van der Waals surface area (Å²) in [5, 5.41) is 0. The van der Waals surface area contributed by atoms with Crippen molar-refractivity contribution >= 4 is 23.8 Å². The Labute approximate surface area is 104 Å². The van der Waals surface area contributed by atoms with Gasteiger partial charge in [-0.25, -0.2) is 9.38 Å². The van der Waals surface area contributed by atoms with Crippen LogP contribution in [-0.2, 0) is 0 Å². The first-order valence-electron chi connectivity index (χ1n) is 5.30. The molecule has 0 atom stereocenters. The molecule has 0 unspecified atom stereocenters. The van der Waals surface area contributed by atoms with Crippen molar-refractivity contribution < 1.29 is 4.39 Å². The molecule has 0 fully saturated rings. The van der Waals surface area contributed by atoms with E-state index in [1.54, 1.807) is 17.8 Å². The Balaban J connectivity index is 2.22. The summed E-state index contributed by atoms with van der Waals surface area (Å²) in [6.07, 6.45) is 1.23. The van der Waals surface area contributed by atoms with Crippen molar-refractivity contribution in [1.29, 1.82) is 0 Å². The molecule has 2 N–H and O–H groups in total. The lowest BCUT2D eigenvalue weighted by molar-refractivity contribution is 0.625. The van der Waals surface area contributed by atoms with Crippen molar-refractivity contribution in [1.82, 2.24) is 0 Å². The zero-order valence-electron chi connectivity index (χ0n) is 9.40. The van der Waals surface area contributed by atoms with Gasteiger partial charge in [-0.3, -0.25) is 0 Å². The van der Waals surface area contributed by atoms with Crippen LogP contribution in [0.1, 0.15) is 0 Å². The van der Waals surface area contributed by atoms with E-state index in [0.29, 0.717) is 12.2 Å². The Morgan fingerprint density at radius 2 is 2.47 bits per heavy atom. The van der Waals surface area contributed by atoms with E-state index in [2.05, 4.69) is 16.5 Å². The topological polar surface area (TPSA) is 41.6 Å². The Morgan fingerprint density at radius 1 is 1.65 bits per heavy atom. The number of benzene rings is 1. The maximum absolute atomic E-state index is 13.2. The van der Waals surface area contributed by atoms with E-state index >= 15 is 0 Å². The first kappa shape index (κ1) is 12.0. The number of rotatable bonds is 3. The monoisotopic (exact) mass is 251 g/mol. The Hall–Kier alpha value is -1.49. The van der Waals surface area contributed by atoms with Crippen molar-refractivity contribution in [2.75, 3.05) is 23.7 Å². The second kappa shape index (κ2) is 5.23. The van der Waals surface area contributed by atoms with Gasteiger partial charge in [-0.15, -0.1) is 11.8 Å². The molecule has 1 heterocycles. The average Bonchev–Trinajstić information content (AvgIpc) is 2.30. The molecule has 0 radical (unpaired) electrons. The van der Waals surface area contributed by atoms with E-state index in [-0.39, 0.29) is 5.82 Å². The highest BCUT2D eigenvalue weighted by molar-refractivity contribution is 7.99. The highest BCUT2D eigenvalue weighted by Gasteiger charge is 2.18. The van der Waals surface area contributed by atoms with Crippen LogP contribution in [0.25, 0.3) is 0 Å². The van der Waals surface area contributed by atoms with Gasteiger partial charge in [-0.2, -0.15) is 0 Å². The van der Waals surface area contributed by atoms with Crippen molar-refractivity contribution in [2.24, 2.45) is 10.7 Å². The number of nitrogens with zero attached hydrogens (tertiary/aromatic N) is 2. The standard InChI is InChI=1S/C12H14FN3S/c1-9(15-8-14)7-16-4-5-17-12-3-2-10(13)6-11(12)16/h2-3,6,8H,1,4-5,7H2,(H2,14,15). The molecule has 0 amide bonds. The number of anilines is 1. The molecule has 90 valence electrons. The molecule has 1 aliphatic rings. The van der Waals surface area contributed by atoms with Crippen molar-refractivity contribution in [3.05, 3.63) is 36.3 Å². The molecule has 0 aliphatic carbocycles. The molecule has 17 heavy (non-hydrogen) atoms. The minimum absolute atomic E-state index is 0.218. The SMILES string of the molecule is C=C(CN1CCSc2ccc(F)cc21)N=CN. The van der Waals surface area contributed by atoms with Gasteiger partial charge in [0.05, 0.1) is 24.3 Å². The molecule has 1 aliphatic heterocycles. The lowest BCUT2D eigenvalue weighted by Gasteiger charge is -2.30. The van der Waals surface area contributed by atoms with Crippen LogP contribution < -0.4 is 10.6 Å². The predicted octanol–water partition coefficient (Wildman–Crippen LogP) is 2.24. The summed E-state index contributed by atoms with van der Waals surface area (Å²) < 4.78 is 13.2. The number of nitrogens with two attached hydrogens (primary N) is 1. The summed E-state index contributed by atoms with van der Waals surface area (Å²) in [4.78, 5) is 7.10. The lowest BCUT2D eigenvalue weighted by Crippen LogP contribution is -2.30. The summed E-state index contributed by atoms with van der Waals surface area (Å²) in [6.45, 7) is 5.25. The molecule has 0 aromatic heterocycles. The van der Waals surface area contributed by atoms with Gasteiger partial charge in [-0.1, -0.05) is 6.58 Å². The molecule has 2 rings (SSSR count). The van der Waals surface area contributed by atoms with Crippen LogP contribution in [0.5, 0.6) is 0 Å². The largest absolute Gasteiger partial charge is 0.390 e. The third kappa shape index (κ3) is 2.79. The van der Waals surface area contributed by atoms with Crippen LogP contribution in [0, 0.1) is 5.82 Å². The first-order valence-corrected chi connectivity index (χ1v) is 6.28. The number of fused-ring (bicyclic) bond motifs is 1. The fraction of sp³-hybridized carbons (Fsp3) is 0.250. The molecule has 0 saturated heterocycles. The first-order chi connectivity index (χ1) is 8.20. The predicted molar refractivity (Wildman–Crippen MR) is 71.2 cm³/mol. The molecular formula is C12H14FN3S. The van der Waals surface area contributed by atoms with Gasteiger partial charge in [0.15, 0.2) is 0 Å². The maximum atomic E-state index is 13.2. The van der Waals surface area contributed by atoms with E-state index in [4.69, 9.17) is 5.73 Å². The van der Waals surface area contributed by atoms with Crippen LogP contribution in [-0.4, -0.2) is 25.2 Å². The second-order valence-electron chi connectivity index (χ2n) is 3.73. The smallest absolute Gasteiger partial charge is 0.125 e. The molecule has 1 aromatic rings. The number of hydrogen-bond acceptors (Lipinski definition) is 3. The molecule has 0 bridgehead atoms. The van der Waals surface area contributed by atoms with Gasteiger partial charge in [0.2, 0.25) is 0 Å². The number of halogens is 1. The summed E-state index contributed by atoms with van der Waals surface area (Å²) in [6, 6.07) is 4.86. The number of aliphatic imine (C=N–C) groups is 1. The molecule has 1 aromatic carbocycles. The molecule has 5 heteroatoms. The summed E-state index contributed by atoms with van der Waals surface area (Å²) >= 11 is 1.74. The highest BCUT2D eigenvalue weighted by atomic mass is 32.2.